The molecule has 17 heavy (non-hydrogen) atoms. The Bertz CT molecular complexity index is 485. The predicted molar refractivity (Wildman–Crippen MR) is 71.5 cm³/mol. The SMILES string of the molecule is CNc1ccc(CSc2cccc(O)c2)cn1. The summed E-state index contributed by atoms with van der Waals surface area (Å²) in [6.07, 6.45) is 1.86. The van der Waals surface area contributed by atoms with E-state index in [1.165, 1.54) is 0 Å². The summed E-state index contributed by atoms with van der Waals surface area (Å²) in [5, 5.41) is 12.3. The highest BCUT2D eigenvalue weighted by atomic mass is 32.2. The van der Waals surface area contributed by atoms with E-state index in [0.717, 1.165) is 22.0 Å². The molecule has 0 amide bonds. The maximum Gasteiger partial charge on any atom is 0.125 e. The fourth-order valence-electron chi connectivity index (χ4n) is 1.40. The number of nitrogens with one attached hydrogen (secondary N) is 1. The molecule has 0 saturated carbocycles. The number of thioether (sulfide) groups is 1. The van der Waals surface area contributed by atoms with Crippen molar-refractivity contribution in [2.24, 2.45) is 0 Å². The number of phenolic OH excluding ortho intramolecular Hbond substituents is 1. The van der Waals surface area contributed by atoms with Gasteiger partial charge < -0.3 is 10.4 Å². The molecule has 2 N–H and O–H groups in total. The van der Waals surface area contributed by atoms with Crippen LogP contribution in [0.25, 0.3) is 0 Å². The molecule has 0 aliphatic rings. The molecule has 1 aromatic heterocycles. The van der Waals surface area contributed by atoms with Crippen LogP contribution in [0.5, 0.6) is 5.75 Å². The van der Waals surface area contributed by atoms with E-state index >= 15 is 0 Å². The molecule has 0 unspecified atom stereocenters. The summed E-state index contributed by atoms with van der Waals surface area (Å²) < 4.78 is 0. The van der Waals surface area contributed by atoms with E-state index in [1.807, 2.05) is 31.4 Å². The molecule has 2 aromatic rings. The van der Waals surface area contributed by atoms with Crippen molar-refractivity contribution in [3.63, 3.8) is 0 Å². The Hall–Kier alpha value is -1.68. The molecule has 0 aliphatic heterocycles. The van der Waals surface area contributed by atoms with Crippen molar-refractivity contribution < 1.29 is 5.11 Å². The lowest BCUT2D eigenvalue weighted by molar-refractivity contribution is 0.474. The van der Waals surface area contributed by atoms with Crippen molar-refractivity contribution in [3.05, 3.63) is 48.2 Å². The number of pyridine rings is 1. The van der Waals surface area contributed by atoms with Crippen LogP contribution in [0.2, 0.25) is 0 Å². The van der Waals surface area contributed by atoms with E-state index in [0.29, 0.717) is 5.75 Å². The average molecular weight is 246 g/mol. The van der Waals surface area contributed by atoms with Crippen LogP contribution >= 0.6 is 11.8 Å². The first kappa shape index (κ1) is 11.8. The van der Waals surface area contributed by atoms with E-state index < -0.39 is 0 Å². The molecule has 0 atom stereocenters. The van der Waals surface area contributed by atoms with Gasteiger partial charge in [0.2, 0.25) is 0 Å². The molecular weight excluding hydrogens is 232 g/mol. The van der Waals surface area contributed by atoms with Gasteiger partial charge in [0.1, 0.15) is 11.6 Å². The summed E-state index contributed by atoms with van der Waals surface area (Å²) >= 11 is 1.68. The maximum absolute atomic E-state index is 9.34. The van der Waals surface area contributed by atoms with Crippen LogP contribution in [0.1, 0.15) is 5.56 Å². The van der Waals surface area contributed by atoms with E-state index in [-0.39, 0.29) is 0 Å². The van der Waals surface area contributed by atoms with Gasteiger partial charge in [-0.05, 0) is 29.8 Å². The molecule has 0 bridgehead atoms. The van der Waals surface area contributed by atoms with E-state index in [2.05, 4.69) is 16.4 Å². The maximum atomic E-state index is 9.34. The Morgan fingerprint density at radius 1 is 1.29 bits per heavy atom. The number of phenols is 1. The van der Waals surface area contributed by atoms with Crippen molar-refractivity contribution in [1.29, 1.82) is 0 Å². The van der Waals surface area contributed by atoms with Gasteiger partial charge in [0, 0.05) is 23.9 Å². The molecule has 3 nitrogen and oxygen atoms in total. The molecule has 1 aromatic carbocycles. The second-order valence-electron chi connectivity index (χ2n) is 3.59. The number of rotatable bonds is 4. The zero-order valence-electron chi connectivity index (χ0n) is 9.55. The zero-order valence-corrected chi connectivity index (χ0v) is 10.4. The van der Waals surface area contributed by atoms with Crippen molar-refractivity contribution in [2.45, 2.75) is 10.6 Å². The standard InChI is InChI=1S/C13H14N2OS/c1-14-13-6-5-10(8-15-13)9-17-12-4-2-3-11(16)7-12/h2-8,16H,9H2,1H3,(H,14,15). The molecule has 0 aliphatic carbocycles. The largest absolute Gasteiger partial charge is 0.508 e. The van der Waals surface area contributed by atoms with Crippen molar-refractivity contribution in [3.8, 4) is 5.75 Å². The first-order valence-electron chi connectivity index (χ1n) is 5.32. The van der Waals surface area contributed by atoms with Gasteiger partial charge in [-0.2, -0.15) is 0 Å². The summed E-state index contributed by atoms with van der Waals surface area (Å²) in [5.74, 6) is 2.02. The highest BCUT2D eigenvalue weighted by Crippen LogP contribution is 2.25. The van der Waals surface area contributed by atoms with E-state index in [9.17, 15) is 5.11 Å². The minimum atomic E-state index is 0.304. The quantitative estimate of drug-likeness (QED) is 0.814. The fraction of sp³-hybridized carbons (Fsp3) is 0.154. The normalized spacial score (nSPS) is 10.2. The summed E-state index contributed by atoms with van der Waals surface area (Å²) in [6.45, 7) is 0. The summed E-state index contributed by atoms with van der Waals surface area (Å²) in [7, 11) is 1.85. The Balaban J connectivity index is 1.97. The zero-order chi connectivity index (χ0) is 12.1. The number of benzene rings is 1. The van der Waals surface area contributed by atoms with Crippen LogP contribution in [-0.4, -0.2) is 17.1 Å². The topological polar surface area (TPSA) is 45.1 Å². The van der Waals surface area contributed by atoms with Crippen LogP contribution in [0.15, 0.2) is 47.5 Å². The summed E-state index contributed by atoms with van der Waals surface area (Å²) in [5.41, 5.74) is 1.16. The molecule has 0 radical (unpaired) electrons. The highest BCUT2D eigenvalue weighted by molar-refractivity contribution is 7.98. The number of anilines is 1. The molecule has 0 saturated heterocycles. The monoisotopic (exact) mass is 246 g/mol. The number of hydrogen-bond donors (Lipinski definition) is 2. The van der Waals surface area contributed by atoms with E-state index in [1.54, 1.807) is 23.9 Å². The Labute approximate surface area is 105 Å². The van der Waals surface area contributed by atoms with E-state index in [4.69, 9.17) is 0 Å². The van der Waals surface area contributed by atoms with Gasteiger partial charge in [-0.3, -0.25) is 0 Å². The molecule has 2 rings (SSSR count). The van der Waals surface area contributed by atoms with Crippen molar-refractivity contribution in [1.82, 2.24) is 4.98 Å². The van der Waals surface area contributed by atoms with Gasteiger partial charge in [-0.25, -0.2) is 4.98 Å². The Morgan fingerprint density at radius 2 is 2.18 bits per heavy atom. The van der Waals surface area contributed by atoms with Gasteiger partial charge in [-0.15, -0.1) is 11.8 Å². The van der Waals surface area contributed by atoms with Crippen LogP contribution in [0.3, 0.4) is 0 Å². The molecule has 0 fully saturated rings. The van der Waals surface area contributed by atoms with Crippen LogP contribution in [0, 0.1) is 0 Å². The third-order valence-corrected chi connectivity index (χ3v) is 3.37. The van der Waals surface area contributed by atoms with Gasteiger partial charge in [0.15, 0.2) is 0 Å². The summed E-state index contributed by atoms with van der Waals surface area (Å²) in [4.78, 5) is 5.31. The second-order valence-corrected chi connectivity index (χ2v) is 4.64. The van der Waals surface area contributed by atoms with Crippen LogP contribution in [0.4, 0.5) is 5.82 Å². The van der Waals surface area contributed by atoms with Gasteiger partial charge in [-0.1, -0.05) is 12.1 Å². The molecule has 4 heteroatoms. The molecule has 0 spiro atoms. The van der Waals surface area contributed by atoms with Crippen molar-refractivity contribution >= 4 is 17.6 Å². The molecular formula is C13H14N2OS. The second kappa shape index (κ2) is 5.59. The molecule has 88 valence electrons. The number of nitrogens with zero attached hydrogens (tertiary/aromatic N) is 1. The number of aromatic nitrogens is 1. The lowest BCUT2D eigenvalue weighted by Gasteiger charge is -2.03. The lowest BCUT2D eigenvalue weighted by atomic mass is 10.3. The number of aromatic hydroxyl groups is 1. The number of hydrogen-bond acceptors (Lipinski definition) is 4. The summed E-state index contributed by atoms with van der Waals surface area (Å²) in [6, 6.07) is 11.3. The molecule has 1 heterocycles. The van der Waals surface area contributed by atoms with Crippen LogP contribution < -0.4 is 5.32 Å². The third-order valence-electron chi connectivity index (χ3n) is 2.30. The van der Waals surface area contributed by atoms with Crippen molar-refractivity contribution in [2.75, 3.05) is 12.4 Å². The van der Waals surface area contributed by atoms with Gasteiger partial charge in [0.25, 0.3) is 0 Å². The minimum Gasteiger partial charge on any atom is -0.508 e. The predicted octanol–water partition coefficient (Wildman–Crippen LogP) is 3.12. The van der Waals surface area contributed by atoms with Gasteiger partial charge in [0.05, 0.1) is 0 Å². The Kier molecular flexibility index (Phi) is 3.88. The Morgan fingerprint density at radius 3 is 2.82 bits per heavy atom. The smallest absolute Gasteiger partial charge is 0.125 e. The first-order valence-corrected chi connectivity index (χ1v) is 6.31. The van der Waals surface area contributed by atoms with Crippen LogP contribution in [-0.2, 0) is 5.75 Å². The first-order chi connectivity index (χ1) is 8.28. The minimum absolute atomic E-state index is 0.304. The fourth-order valence-corrected chi connectivity index (χ4v) is 2.28. The van der Waals surface area contributed by atoms with Gasteiger partial charge >= 0.3 is 0 Å². The third kappa shape index (κ3) is 3.39. The average Bonchev–Trinajstić information content (AvgIpc) is 2.37. The highest BCUT2D eigenvalue weighted by Gasteiger charge is 1.98. The lowest BCUT2D eigenvalue weighted by Crippen LogP contribution is -1.92.